The second kappa shape index (κ2) is 8.08. The van der Waals surface area contributed by atoms with Gasteiger partial charge in [-0.05, 0) is 50.0 Å². The van der Waals surface area contributed by atoms with Crippen LogP contribution in [0.25, 0.3) is 0 Å². The molecule has 29 heavy (non-hydrogen) atoms. The second-order valence-corrected chi connectivity index (χ2v) is 10.3. The maximum absolute atomic E-state index is 13.1. The van der Waals surface area contributed by atoms with Gasteiger partial charge in [-0.2, -0.15) is 0 Å². The van der Waals surface area contributed by atoms with E-state index in [1.54, 1.807) is 6.92 Å². The van der Waals surface area contributed by atoms with E-state index in [2.05, 4.69) is 39.2 Å². The third-order valence-corrected chi connectivity index (χ3v) is 6.62. The van der Waals surface area contributed by atoms with Crippen molar-refractivity contribution in [2.45, 2.75) is 80.2 Å². The number of carbonyl (C=O) groups excluding carboxylic acids is 3. The second-order valence-electron chi connectivity index (χ2n) is 10.3. The molecule has 1 aromatic heterocycles. The monoisotopic (exact) mass is 400 g/mol. The Labute approximate surface area is 174 Å². The summed E-state index contributed by atoms with van der Waals surface area (Å²) in [4.78, 5) is 39.6. The molecule has 0 aromatic carbocycles. The van der Waals surface area contributed by atoms with Gasteiger partial charge in [-0.15, -0.1) is 0 Å². The molecule has 0 unspecified atom stereocenters. The predicted molar refractivity (Wildman–Crippen MR) is 114 cm³/mol. The van der Waals surface area contributed by atoms with Crippen LogP contribution >= 0.6 is 0 Å². The number of ketones is 2. The number of amides is 1. The largest absolute Gasteiger partial charge is 0.348 e. The quantitative estimate of drug-likeness (QED) is 0.751. The molecule has 0 N–H and O–H groups in total. The zero-order valence-corrected chi connectivity index (χ0v) is 18.9. The molecule has 1 fully saturated rings. The average Bonchev–Trinajstić information content (AvgIpc) is 2.86. The molecule has 2 heterocycles. The Morgan fingerprint density at radius 1 is 1.14 bits per heavy atom. The fourth-order valence-corrected chi connectivity index (χ4v) is 5.03. The molecule has 1 amide bonds. The lowest BCUT2D eigenvalue weighted by Gasteiger charge is -2.31. The summed E-state index contributed by atoms with van der Waals surface area (Å²) in [6.07, 6.45) is 3.20. The molecule has 0 saturated carbocycles. The van der Waals surface area contributed by atoms with E-state index in [-0.39, 0.29) is 35.2 Å². The van der Waals surface area contributed by atoms with Crippen molar-refractivity contribution >= 4 is 17.5 Å². The molecular weight excluding hydrogens is 364 g/mol. The highest BCUT2D eigenvalue weighted by Gasteiger charge is 2.37. The molecule has 0 bridgehead atoms. The van der Waals surface area contributed by atoms with Crippen LogP contribution in [-0.4, -0.2) is 40.0 Å². The van der Waals surface area contributed by atoms with Crippen molar-refractivity contribution < 1.29 is 14.4 Å². The molecule has 1 aromatic rings. The Morgan fingerprint density at radius 2 is 1.76 bits per heavy atom. The number of piperidine rings is 1. The highest BCUT2D eigenvalue weighted by Crippen LogP contribution is 2.39. The fraction of sp³-hybridized carbons (Fsp3) is 0.708. The van der Waals surface area contributed by atoms with Gasteiger partial charge in [0.1, 0.15) is 5.78 Å². The van der Waals surface area contributed by atoms with Crippen molar-refractivity contribution in [1.29, 1.82) is 0 Å². The number of fused-ring (bicyclic) bond motifs is 1. The predicted octanol–water partition coefficient (Wildman–Crippen LogP) is 3.98. The highest BCUT2D eigenvalue weighted by atomic mass is 16.2. The highest BCUT2D eigenvalue weighted by molar-refractivity contribution is 6.01. The summed E-state index contributed by atoms with van der Waals surface area (Å²) in [5, 5.41) is 0. The van der Waals surface area contributed by atoms with Crippen LogP contribution in [0.3, 0.4) is 0 Å². The molecule has 0 radical (unpaired) electrons. The zero-order valence-electron chi connectivity index (χ0n) is 18.9. The van der Waals surface area contributed by atoms with E-state index in [0.29, 0.717) is 25.4 Å². The van der Waals surface area contributed by atoms with Crippen molar-refractivity contribution in [3.63, 3.8) is 0 Å². The van der Waals surface area contributed by atoms with Gasteiger partial charge in [-0.3, -0.25) is 14.4 Å². The van der Waals surface area contributed by atoms with Gasteiger partial charge in [0, 0.05) is 48.9 Å². The summed E-state index contributed by atoms with van der Waals surface area (Å²) in [7, 11) is 0. The number of likely N-dealkylation sites (tertiary alicyclic amines) is 1. The first-order chi connectivity index (χ1) is 13.5. The first-order valence-corrected chi connectivity index (χ1v) is 11.0. The first kappa shape index (κ1) is 21.8. The van der Waals surface area contributed by atoms with E-state index >= 15 is 0 Å². The summed E-state index contributed by atoms with van der Waals surface area (Å²) in [6.45, 7) is 14.5. The maximum Gasteiger partial charge on any atom is 0.227 e. The number of Topliss-reactive ketones (excluding diaryl/α,β-unsaturated/α-hetero) is 2. The van der Waals surface area contributed by atoms with E-state index in [9.17, 15) is 14.4 Å². The van der Waals surface area contributed by atoms with E-state index in [1.165, 1.54) is 0 Å². The molecular formula is C24H36N2O3. The molecule has 1 aliphatic carbocycles. The lowest BCUT2D eigenvalue weighted by atomic mass is 9.75. The average molecular weight is 401 g/mol. The van der Waals surface area contributed by atoms with Crippen molar-refractivity contribution in [3.8, 4) is 0 Å². The van der Waals surface area contributed by atoms with Gasteiger partial charge in [0.25, 0.3) is 0 Å². The van der Waals surface area contributed by atoms with Gasteiger partial charge in [-0.1, -0.05) is 27.7 Å². The lowest BCUT2D eigenvalue weighted by molar-refractivity contribution is -0.134. The molecule has 0 spiro atoms. The Bertz CT molecular complexity index is 824. The fourth-order valence-electron chi connectivity index (χ4n) is 5.03. The van der Waals surface area contributed by atoms with Crippen LogP contribution in [0.4, 0.5) is 0 Å². The van der Waals surface area contributed by atoms with Crippen LogP contribution in [-0.2, 0) is 29.0 Å². The number of carbonyl (C=O) groups is 3. The molecule has 160 valence electrons. The van der Waals surface area contributed by atoms with Gasteiger partial charge in [0.05, 0.1) is 6.42 Å². The number of rotatable bonds is 5. The van der Waals surface area contributed by atoms with Crippen LogP contribution in [0.15, 0.2) is 0 Å². The summed E-state index contributed by atoms with van der Waals surface area (Å²) in [5.74, 6) is 1.04. The molecule has 1 aliphatic heterocycles. The molecule has 0 atom stereocenters. The Hall–Kier alpha value is -1.91. The van der Waals surface area contributed by atoms with Crippen LogP contribution in [0, 0.1) is 24.2 Å². The standard InChI is InChI=1S/C24H36N2O3/c1-15(2)14-26-16(3)19(23-20(26)12-24(5,6)13-21(23)28)11-22(29)25-9-7-18(8-10-25)17(4)27/h15,18H,7-14H2,1-6H3. The number of hydrogen-bond donors (Lipinski definition) is 0. The third-order valence-electron chi connectivity index (χ3n) is 6.62. The van der Waals surface area contributed by atoms with Gasteiger partial charge in [-0.25, -0.2) is 0 Å². The summed E-state index contributed by atoms with van der Waals surface area (Å²) >= 11 is 0. The smallest absolute Gasteiger partial charge is 0.227 e. The number of aromatic nitrogens is 1. The summed E-state index contributed by atoms with van der Waals surface area (Å²) < 4.78 is 2.30. The molecule has 3 rings (SSSR count). The third kappa shape index (κ3) is 4.49. The van der Waals surface area contributed by atoms with Crippen LogP contribution in [0.1, 0.15) is 81.2 Å². The first-order valence-electron chi connectivity index (χ1n) is 11.0. The normalized spacial score (nSPS) is 19.6. The van der Waals surface area contributed by atoms with E-state index in [4.69, 9.17) is 0 Å². The Kier molecular flexibility index (Phi) is 6.07. The molecule has 5 nitrogen and oxygen atoms in total. The van der Waals surface area contributed by atoms with Crippen LogP contribution in [0.2, 0.25) is 0 Å². The van der Waals surface area contributed by atoms with Gasteiger partial charge < -0.3 is 9.47 Å². The molecule has 5 heteroatoms. The minimum absolute atomic E-state index is 0.0422. The minimum Gasteiger partial charge on any atom is -0.348 e. The van der Waals surface area contributed by atoms with Crippen molar-refractivity contribution in [2.75, 3.05) is 13.1 Å². The molecule has 1 saturated heterocycles. The topological polar surface area (TPSA) is 59.4 Å². The van der Waals surface area contributed by atoms with Crippen molar-refractivity contribution in [2.24, 2.45) is 17.3 Å². The minimum atomic E-state index is -0.0422. The summed E-state index contributed by atoms with van der Waals surface area (Å²) in [5.41, 5.74) is 3.89. The van der Waals surface area contributed by atoms with Crippen LogP contribution < -0.4 is 0 Å². The van der Waals surface area contributed by atoms with E-state index < -0.39 is 0 Å². The number of hydrogen-bond acceptors (Lipinski definition) is 3. The Morgan fingerprint density at radius 3 is 2.31 bits per heavy atom. The van der Waals surface area contributed by atoms with Crippen molar-refractivity contribution in [3.05, 3.63) is 22.5 Å². The summed E-state index contributed by atoms with van der Waals surface area (Å²) in [6, 6.07) is 0. The van der Waals surface area contributed by atoms with Crippen LogP contribution in [0.5, 0.6) is 0 Å². The van der Waals surface area contributed by atoms with Gasteiger partial charge in [0.15, 0.2) is 5.78 Å². The van der Waals surface area contributed by atoms with Gasteiger partial charge in [0.2, 0.25) is 5.91 Å². The lowest BCUT2D eigenvalue weighted by Crippen LogP contribution is -2.40. The zero-order chi connectivity index (χ0) is 21.5. The molecule has 2 aliphatic rings. The van der Waals surface area contributed by atoms with Crippen molar-refractivity contribution in [1.82, 2.24) is 9.47 Å². The number of nitrogens with zero attached hydrogens (tertiary/aromatic N) is 2. The van der Waals surface area contributed by atoms with Gasteiger partial charge >= 0.3 is 0 Å². The Balaban J connectivity index is 1.88. The SMILES string of the molecule is CC(=O)C1CCN(C(=O)Cc2c3c(n(CC(C)C)c2C)CC(C)(C)CC3=O)CC1. The maximum atomic E-state index is 13.1. The van der Waals surface area contributed by atoms with E-state index in [0.717, 1.165) is 48.3 Å². The van der Waals surface area contributed by atoms with E-state index in [1.807, 2.05) is 4.90 Å².